The highest BCUT2D eigenvalue weighted by Gasteiger charge is 2.22. The molecule has 0 radical (unpaired) electrons. The summed E-state index contributed by atoms with van der Waals surface area (Å²) >= 11 is 0. The van der Waals surface area contributed by atoms with Crippen LogP contribution >= 0.6 is 0 Å². The maximum atomic E-state index is 14.2. The Labute approximate surface area is 115 Å². The predicted molar refractivity (Wildman–Crippen MR) is 82.6 cm³/mol. The zero-order valence-corrected chi connectivity index (χ0v) is 11.0. The van der Waals surface area contributed by atoms with Crippen LogP contribution < -0.4 is 0 Å². The van der Waals surface area contributed by atoms with Gasteiger partial charge in [0.15, 0.2) is 0 Å². The van der Waals surface area contributed by atoms with Gasteiger partial charge in [0.1, 0.15) is 5.82 Å². The van der Waals surface area contributed by atoms with Crippen molar-refractivity contribution in [3.8, 4) is 11.1 Å². The molecule has 4 aromatic carbocycles. The normalized spacial score (nSPS) is 12.5. The van der Waals surface area contributed by atoms with E-state index in [1.165, 1.54) is 32.7 Å². The number of aryl methyl sites for hydroxylation is 1. The van der Waals surface area contributed by atoms with Crippen LogP contribution in [0.25, 0.3) is 43.4 Å². The topological polar surface area (TPSA) is 0 Å². The van der Waals surface area contributed by atoms with Gasteiger partial charge in [0, 0.05) is 10.8 Å². The standard InChI is InChI=1S/C19H11F/c1-10-9-15-16(20)8-7-14-13-4-2-3-11-5-6-12(10)19(17(11)13)18(14)15/h2-9H,1H3. The molecule has 0 N–H and O–H groups in total. The Morgan fingerprint density at radius 2 is 1.60 bits per heavy atom. The first-order valence-corrected chi connectivity index (χ1v) is 6.83. The fraction of sp³-hybridized carbons (Fsp3) is 0.0526. The average Bonchev–Trinajstić information content (AvgIpc) is 2.80. The fourth-order valence-corrected chi connectivity index (χ4v) is 3.72. The monoisotopic (exact) mass is 258 g/mol. The first-order valence-electron chi connectivity index (χ1n) is 6.83. The van der Waals surface area contributed by atoms with E-state index in [-0.39, 0.29) is 5.82 Å². The molecule has 20 heavy (non-hydrogen) atoms. The highest BCUT2D eigenvalue weighted by Crippen LogP contribution is 2.48. The van der Waals surface area contributed by atoms with Crippen LogP contribution in [0, 0.1) is 12.7 Å². The Hall–Kier alpha value is -2.41. The molecule has 0 saturated heterocycles. The Morgan fingerprint density at radius 1 is 0.750 bits per heavy atom. The van der Waals surface area contributed by atoms with E-state index >= 15 is 0 Å². The molecule has 1 heteroatoms. The van der Waals surface area contributed by atoms with Crippen molar-refractivity contribution in [3.63, 3.8) is 0 Å². The van der Waals surface area contributed by atoms with Gasteiger partial charge in [-0.2, -0.15) is 0 Å². The lowest BCUT2D eigenvalue weighted by atomic mass is 9.97. The number of halogens is 1. The van der Waals surface area contributed by atoms with E-state index in [9.17, 15) is 4.39 Å². The molecule has 5 rings (SSSR count). The molecule has 94 valence electrons. The van der Waals surface area contributed by atoms with E-state index in [0.29, 0.717) is 0 Å². The van der Waals surface area contributed by atoms with Gasteiger partial charge in [0.05, 0.1) is 0 Å². The molecule has 0 nitrogen and oxygen atoms in total. The number of fused-ring (bicyclic) bond motifs is 1. The number of rotatable bonds is 0. The van der Waals surface area contributed by atoms with Gasteiger partial charge in [0.2, 0.25) is 0 Å². The maximum Gasteiger partial charge on any atom is 0.131 e. The first-order chi connectivity index (χ1) is 9.75. The second kappa shape index (κ2) is 3.18. The fourth-order valence-electron chi connectivity index (χ4n) is 3.72. The number of hydrogen-bond donors (Lipinski definition) is 0. The lowest BCUT2D eigenvalue weighted by molar-refractivity contribution is 0.640. The summed E-state index contributed by atoms with van der Waals surface area (Å²) < 4.78 is 14.2. The molecule has 1 aliphatic carbocycles. The van der Waals surface area contributed by atoms with Gasteiger partial charge in [-0.05, 0) is 57.3 Å². The summed E-state index contributed by atoms with van der Waals surface area (Å²) in [4.78, 5) is 0. The van der Waals surface area contributed by atoms with Gasteiger partial charge in [-0.1, -0.05) is 36.4 Å². The first kappa shape index (κ1) is 10.4. The van der Waals surface area contributed by atoms with Crippen LogP contribution in [0.4, 0.5) is 4.39 Å². The summed E-state index contributed by atoms with van der Waals surface area (Å²) in [5.74, 6) is -0.126. The van der Waals surface area contributed by atoms with Crippen LogP contribution in [-0.4, -0.2) is 0 Å². The van der Waals surface area contributed by atoms with E-state index in [4.69, 9.17) is 0 Å². The summed E-state index contributed by atoms with van der Waals surface area (Å²) in [5, 5.41) is 6.80. The third kappa shape index (κ3) is 1.00. The predicted octanol–water partition coefficient (Wildman–Crippen LogP) is 5.57. The van der Waals surface area contributed by atoms with Crippen LogP contribution in [0.5, 0.6) is 0 Å². The highest BCUT2D eigenvalue weighted by molar-refractivity contribution is 6.33. The molecule has 0 fully saturated rings. The van der Waals surface area contributed by atoms with Gasteiger partial charge in [-0.3, -0.25) is 0 Å². The van der Waals surface area contributed by atoms with Crippen LogP contribution in [0.1, 0.15) is 5.56 Å². The van der Waals surface area contributed by atoms with E-state index < -0.39 is 0 Å². The van der Waals surface area contributed by atoms with Crippen molar-refractivity contribution in [2.45, 2.75) is 6.92 Å². The second-order valence-electron chi connectivity index (χ2n) is 5.60. The molecule has 0 spiro atoms. The van der Waals surface area contributed by atoms with E-state index in [2.05, 4.69) is 37.3 Å². The van der Waals surface area contributed by atoms with Gasteiger partial charge in [-0.15, -0.1) is 0 Å². The minimum atomic E-state index is -0.126. The quantitative estimate of drug-likeness (QED) is 0.318. The van der Waals surface area contributed by atoms with E-state index in [1.807, 2.05) is 12.1 Å². The van der Waals surface area contributed by atoms with E-state index in [0.717, 1.165) is 16.3 Å². The molecule has 0 amide bonds. The molecule has 0 heterocycles. The molecule has 4 aromatic rings. The molecule has 0 unspecified atom stereocenters. The van der Waals surface area contributed by atoms with Gasteiger partial charge in [-0.25, -0.2) is 4.39 Å². The molecule has 0 aliphatic heterocycles. The third-order valence-electron chi connectivity index (χ3n) is 4.56. The van der Waals surface area contributed by atoms with Gasteiger partial charge in [0.25, 0.3) is 0 Å². The summed E-state index contributed by atoms with van der Waals surface area (Å²) in [5.41, 5.74) is 3.54. The third-order valence-corrected chi connectivity index (χ3v) is 4.56. The van der Waals surface area contributed by atoms with Crippen LogP contribution in [0.15, 0.2) is 48.5 Å². The molecule has 1 aliphatic rings. The Bertz CT molecular complexity index is 1060. The SMILES string of the molecule is Cc1cc2c(F)ccc3c2c2c1ccc1cccc-3c12. The zero-order chi connectivity index (χ0) is 13.4. The van der Waals surface area contributed by atoms with Gasteiger partial charge >= 0.3 is 0 Å². The smallest absolute Gasteiger partial charge is 0.131 e. The molecule has 0 aromatic heterocycles. The minimum Gasteiger partial charge on any atom is -0.206 e. The molecule has 0 bridgehead atoms. The Morgan fingerprint density at radius 3 is 2.50 bits per heavy atom. The summed E-state index contributed by atoms with van der Waals surface area (Å²) in [6.45, 7) is 2.06. The lowest BCUT2D eigenvalue weighted by Crippen LogP contribution is -1.84. The van der Waals surface area contributed by atoms with Crippen molar-refractivity contribution in [1.82, 2.24) is 0 Å². The average molecular weight is 258 g/mol. The Balaban J connectivity index is 2.28. The zero-order valence-electron chi connectivity index (χ0n) is 11.0. The van der Waals surface area contributed by atoms with Gasteiger partial charge < -0.3 is 0 Å². The molecular weight excluding hydrogens is 247 g/mol. The van der Waals surface area contributed by atoms with Crippen molar-refractivity contribution in [2.75, 3.05) is 0 Å². The van der Waals surface area contributed by atoms with Crippen molar-refractivity contribution in [2.24, 2.45) is 0 Å². The van der Waals surface area contributed by atoms with Crippen LogP contribution in [0.3, 0.4) is 0 Å². The van der Waals surface area contributed by atoms with E-state index in [1.54, 1.807) is 6.07 Å². The summed E-state index contributed by atoms with van der Waals surface area (Å²) in [6, 6.07) is 16.2. The maximum absolute atomic E-state index is 14.2. The second-order valence-corrected chi connectivity index (χ2v) is 5.60. The van der Waals surface area contributed by atoms with Crippen molar-refractivity contribution < 1.29 is 4.39 Å². The van der Waals surface area contributed by atoms with Crippen molar-refractivity contribution in [3.05, 3.63) is 59.9 Å². The lowest BCUT2D eigenvalue weighted by Gasteiger charge is -2.07. The molecule has 0 atom stereocenters. The minimum absolute atomic E-state index is 0.126. The van der Waals surface area contributed by atoms with Crippen LogP contribution in [-0.2, 0) is 0 Å². The molecular formula is C19H11F. The number of hydrogen-bond acceptors (Lipinski definition) is 0. The summed E-state index contributed by atoms with van der Waals surface area (Å²) in [6.07, 6.45) is 0. The number of benzene rings is 4. The largest absolute Gasteiger partial charge is 0.206 e. The highest BCUT2D eigenvalue weighted by atomic mass is 19.1. The Kier molecular flexibility index (Phi) is 1.65. The van der Waals surface area contributed by atoms with Crippen LogP contribution in [0.2, 0.25) is 0 Å². The molecule has 0 saturated carbocycles. The van der Waals surface area contributed by atoms with Crippen molar-refractivity contribution in [1.29, 1.82) is 0 Å². The van der Waals surface area contributed by atoms with Crippen molar-refractivity contribution >= 4 is 32.3 Å². The summed E-state index contributed by atoms with van der Waals surface area (Å²) in [7, 11) is 0.